The fourth-order valence-electron chi connectivity index (χ4n) is 3.02. The third kappa shape index (κ3) is 5.35. The van der Waals surface area contributed by atoms with E-state index in [1.54, 1.807) is 18.2 Å². The molecule has 0 atom stereocenters. The molecule has 1 aromatic heterocycles. The summed E-state index contributed by atoms with van der Waals surface area (Å²) in [5, 5.41) is 8.47. The molecule has 32 heavy (non-hydrogen) atoms. The van der Waals surface area contributed by atoms with E-state index < -0.39 is 10.1 Å². The van der Waals surface area contributed by atoms with E-state index in [0.29, 0.717) is 35.8 Å². The Morgan fingerprint density at radius 2 is 1.88 bits per heavy atom. The molecule has 2 aromatic carbocycles. The highest BCUT2D eigenvalue weighted by molar-refractivity contribution is 7.87. The van der Waals surface area contributed by atoms with E-state index in [9.17, 15) is 18.0 Å². The fourth-order valence-corrected chi connectivity index (χ4v) is 3.94. The molecule has 168 valence electrons. The Bertz CT molecular complexity index is 1250. The third-order valence-corrected chi connectivity index (χ3v) is 6.08. The van der Waals surface area contributed by atoms with Crippen LogP contribution in [-0.2, 0) is 19.7 Å². The number of nitrogens with one attached hydrogen (secondary N) is 4. The largest absolute Gasteiger partial charge is 0.383 e. The summed E-state index contributed by atoms with van der Waals surface area (Å²) in [6.45, 7) is 2.41. The van der Waals surface area contributed by atoms with Gasteiger partial charge in [0.1, 0.15) is 10.6 Å². The van der Waals surface area contributed by atoms with Gasteiger partial charge in [-0.15, -0.1) is 0 Å². The van der Waals surface area contributed by atoms with Crippen LogP contribution in [0.15, 0.2) is 47.4 Å². The minimum Gasteiger partial charge on any atom is -0.383 e. The number of carbonyl (C=O) groups excluding carboxylic acids is 2. The number of carbonyl (C=O) groups is 2. The first-order valence-electron chi connectivity index (χ1n) is 10.1. The number of hydrogen-bond acceptors (Lipinski definition) is 7. The zero-order valence-corrected chi connectivity index (χ0v) is 18.2. The number of anilines is 2. The Balaban J connectivity index is 1.40. The SMILES string of the molecule is CC(=O)NCCNc1ccc(S(=O)(=O)Oc2ccc3[nH]c(NC(=O)C4CC4)nc3c2)cc1. The average Bonchev–Trinajstić information content (AvgIpc) is 3.52. The summed E-state index contributed by atoms with van der Waals surface area (Å²) in [7, 11) is -4.04. The number of benzene rings is 2. The van der Waals surface area contributed by atoms with E-state index >= 15 is 0 Å². The van der Waals surface area contributed by atoms with Gasteiger partial charge in [0.05, 0.1) is 11.0 Å². The van der Waals surface area contributed by atoms with Gasteiger partial charge in [-0.25, -0.2) is 4.98 Å². The number of fused-ring (bicyclic) bond motifs is 1. The molecule has 3 aromatic rings. The van der Waals surface area contributed by atoms with E-state index in [0.717, 1.165) is 12.8 Å². The van der Waals surface area contributed by atoms with Crippen LogP contribution in [0.2, 0.25) is 0 Å². The van der Waals surface area contributed by atoms with E-state index in [1.165, 1.54) is 31.2 Å². The average molecular weight is 458 g/mol. The second-order valence-corrected chi connectivity index (χ2v) is 9.05. The zero-order valence-electron chi connectivity index (χ0n) is 17.3. The summed E-state index contributed by atoms with van der Waals surface area (Å²) in [5.41, 5.74) is 1.84. The summed E-state index contributed by atoms with van der Waals surface area (Å²) in [6, 6.07) is 10.8. The monoisotopic (exact) mass is 457 g/mol. The molecule has 0 saturated heterocycles. The van der Waals surface area contributed by atoms with Gasteiger partial charge in [-0.05, 0) is 49.2 Å². The summed E-state index contributed by atoms with van der Waals surface area (Å²) in [6.07, 6.45) is 1.77. The quantitative estimate of drug-likeness (QED) is 0.285. The van der Waals surface area contributed by atoms with Gasteiger partial charge in [0, 0.05) is 37.7 Å². The van der Waals surface area contributed by atoms with Crippen LogP contribution in [0.4, 0.5) is 11.6 Å². The van der Waals surface area contributed by atoms with Crippen molar-refractivity contribution in [2.75, 3.05) is 23.7 Å². The smallest absolute Gasteiger partial charge is 0.339 e. The lowest BCUT2D eigenvalue weighted by Crippen LogP contribution is -2.26. The molecule has 0 unspecified atom stereocenters. The van der Waals surface area contributed by atoms with Crippen LogP contribution in [0.5, 0.6) is 5.75 Å². The Hall–Kier alpha value is -3.60. The first kappa shape index (κ1) is 21.6. The second kappa shape index (κ2) is 8.87. The minimum atomic E-state index is -4.04. The Morgan fingerprint density at radius 1 is 1.12 bits per heavy atom. The molecule has 11 heteroatoms. The lowest BCUT2D eigenvalue weighted by Gasteiger charge is -2.09. The van der Waals surface area contributed by atoms with E-state index in [2.05, 4.69) is 25.9 Å². The van der Waals surface area contributed by atoms with Crippen molar-refractivity contribution in [3.8, 4) is 5.75 Å². The van der Waals surface area contributed by atoms with Gasteiger partial charge < -0.3 is 19.8 Å². The van der Waals surface area contributed by atoms with E-state index in [-0.39, 0.29) is 28.4 Å². The first-order chi connectivity index (χ1) is 15.3. The highest BCUT2D eigenvalue weighted by atomic mass is 32.2. The molecule has 4 N–H and O–H groups in total. The fraction of sp³-hybridized carbons (Fsp3) is 0.286. The van der Waals surface area contributed by atoms with Gasteiger partial charge in [0.2, 0.25) is 17.8 Å². The molecular formula is C21H23N5O5S. The number of imidazole rings is 1. The maximum absolute atomic E-state index is 12.6. The van der Waals surface area contributed by atoms with Gasteiger partial charge >= 0.3 is 10.1 Å². The molecule has 1 saturated carbocycles. The van der Waals surface area contributed by atoms with Gasteiger partial charge in [-0.2, -0.15) is 8.42 Å². The lowest BCUT2D eigenvalue weighted by molar-refractivity contribution is -0.119. The summed E-state index contributed by atoms with van der Waals surface area (Å²) in [4.78, 5) is 30.0. The Labute approximate surface area is 184 Å². The van der Waals surface area contributed by atoms with Gasteiger partial charge in [-0.1, -0.05) is 0 Å². The molecule has 0 spiro atoms. The summed E-state index contributed by atoms with van der Waals surface area (Å²) < 4.78 is 30.5. The van der Waals surface area contributed by atoms with Gasteiger partial charge in [0.25, 0.3) is 0 Å². The van der Waals surface area contributed by atoms with Crippen LogP contribution >= 0.6 is 0 Å². The molecule has 1 heterocycles. The molecular weight excluding hydrogens is 434 g/mol. The van der Waals surface area contributed by atoms with Crippen LogP contribution in [0.1, 0.15) is 19.8 Å². The summed E-state index contributed by atoms with van der Waals surface area (Å²) in [5.74, 6) is 0.292. The van der Waals surface area contributed by atoms with Crippen LogP contribution < -0.4 is 20.1 Å². The maximum atomic E-state index is 12.6. The standard InChI is InChI=1S/C21H23N5O5S/c1-13(27)22-10-11-23-15-4-7-17(8-5-15)32(29,30)31-16-6-9-18-19(12-16)25-21(24-18)26-20(28)14-2-3-14/h4-9,12,14,23H,2-3,10-11H2,1H3,(H,22,27)(H2,24,25,26,28). The molecule has 4 rings (SSSR count). The minimum absolute atomic E-state index is 0.00409. The molecule has 0 bridgehead atoms. The highest BCUT2D eigenvalue weighted by Crippen LogP contribution is 2.30. The number of rotatable bonds is 9. The number of hydrogen-bond donors (Lipinski definition) is 4. The van der Waals surface area contributed by atoms with E-state index in [4.69, 9.17) is 4.18 Å². The third-order valence-electron chi connectivity index (χ3n) is 4.82. The van der Waals surface area contributed by atoms with Crippen molar-refractivity contribution in [1.29, 1.82) is 0 Å². The summed E-state index contributed by atoms with van der Waals surface area (Å²) >= 11 is 0. The first-order valence-corrected chi connectivity index (χ1v) is 11.5. The van der Waals surface area contributed by atoms with Crippen LogP contribution in [-0.4, -0.2) is 43.3 Å². The van der Waals surface area contributed by atoms with Crippen LogP contribution in [0.25, 0.3) is 11.0 Å². The second-order valence-electron chi connectivity index (χ2n) is 7.50. The predicted octanol–water partition coefficient (Wildman–Crippen LogP) is 2.23. The lowest BCUT2D eigenvalue weighted by atomic mass is 10.3. The maximum Gasteiger partial charge on any atom is 0.339 e. The molecule has 0 aliphatic heterocycles. The molecule has 1 aliphatic carbocycles. The van der Waals surface area contributed by atoms with Crippen molar-refractivity contribution in [2.24, 2.45) is 5.92 Å². The molecule has 0 radical (unpaired) electrons. The molecule has 10 nitrogen and oxygen atoms in total. The van der Waals surface area contributed by atoms with Gasteiger partial charge in [-0.3, -0.25) is 14.9 Å². The highest BCUT2D eigenvalue weighted by Gasteiger charge is 2.30. The predicted molar refractivity (Wildman–Crippen MR) is 119 cm³/mol. The number of amides is 2. The van der Waals surface area contributed by atoms with Crippen molar-refractivity contribution >= 4 is 44.6 Å². The number of aromatic nitrogens is 2. The van der Waals surface area contributed by atoms with Crippen LogP contribution in [0, 0.1) is 5.92 Å². The molecule has 2 amide bonds. The van der Waals surface area contributed by atoms with Crippen molar-refractivity contribution in [3.63, 3.8) is 0 Å². The zero-order chi connectivity index (χ0) is 22.7. The molecule has 1 aliphatic rings. The van der Waals surface area contributed by atoms with Crippen molar-refractivity contribution in [2.45, 2.75) is 24.7 Å². The normalized spacial score (nSPS) is 13.5. The number of aromatic amines is 1. The Morgan fingerprint density at radius 3 is 2.56 bits per heavy atom. The van der Waals surface area contributed by atoms with Crippen molar-refractivity contribution in [3.05, 3.63) is 42.5 Å². The van der Waals surface area contributed by atoms with Crippen molar-refractivity contribution in [1.82, 2.24) is 15.3 Å². The molecule has 1 fully saturated rings. The number of nitrogens with zero attached hydrogens (tertiary/aromatic N) is 1. The van der Waals surface area contributed by atoms with E-state index in [1.807, 2.05) is 0 Å². The van der Waals surface area contributed by atoms with Crippen molar-refractivity contribution < 1.29 is 22.2 Å². The van der Waals surface area contributed by atoms with Crippen LogP contribution in [0.3, 0.4) is 0 Å². The van der Waals surface area contributed by atoms with Gasteiger partial charge in [0.15, 0.2) is 0 Å². The Kier molecular flexibility index (Phi) is 5.99. The topological polar surface area (TPSA) is 142 Å². The number of H-pyrrole nitrogens is 1.